The summed E-state index contributed by atoms with van der Waals surface area (Å²) in [5.74, 6) is 0.730. The van der Waals surface area contributed by atoms with Crippen LogP contribution in [0.2, 0.25) is 0 Å². The zero-order valence-corrected chi connectivity index (χ0v) is 13.8. The fraction of sp³-hybridized carbons (Fsp3) is 0.579. The van der Waals surface area contributed by atoms with Crippen molar-refractivity contribution in [1.82, 2.24) is 10.2 Å². The summed E-state index contributed by atoms with van der Waals surface area (Å²) in [7, 11) is 0. The molecular formula is C19H30N2. The number of nitrogens with zero attached hydrogens (tertiary/aromatic N) is 1. The van der Waals surface area contributed by atoms with E-state index in [0.29, 0.717) is 12.1 Å². The van der Waals surface area contributed by atoms with Gasteiger partial charge in [-0.1, -0.05) is 50.3 Å². The third-order valence-electron chi connectivity index (χ3n) is 4.74. The molecule has 3 atom stereocenters. The van der Waals surface area contributed by atoms with Gasteiger partial charge in [0.1, 0.15) is 0 Å². The first kappa shape index (κ1) is 16.1. The summed E-state index contributed by atoms with van der Waals surface area (Å²) in [4.78, 5) is 2.66. The smallest absolute Gasteiger partial charge is 0.0313 e. The Labute approximate surface area is 130 Å². The van der Waals surface area contributed by atoms with Gasteiger partial charge in [-0.25, -0.2) is 0 Å². The van der Waals surface area contributed by atoms with Gasteiger partial charge in [0.15, 0.2) is 0 Å². The Morgan fingerprint density at radius 1 is 1.33 bits per heavy atom. The second kappa shape index (κ2) is 7.65. The molecule has 0 aromatic heterocycles. The zero-order valence-electron chi connectivity index (χ0n) is 13.8. The van der Waals surface area contributed by atoms with E-state index in [4.69, 9.17) is 0 Å². The van der Waals surface area contributed by atoms with E-state index in [0.717, 1.165) is 18.0 Å². The van der Waals surface area contributed by atoms with Crippen LogP contribution in [0.5, 0.6) is 0 Å². The molecule has 1 saturated heterocycles. The molecule has 0 spiro atoms. The number of hydrogen-bond donors (Lipinski definition) is 1. The Balaban J connectivity index is 1.91. The first-order chi connectivity index (χ1) is 10.1. The van der Waals surface area contributed by atoms with Crippen molar-refractivity contribution in [2.75, 3.05) is 13.1 Å². The predicted octanol–water partition coefficient (Wildman–Crippen LogP) is 3.84. The van der Waals surface area contributed by atoms with E-state index in [9.17, 15) is 0 Å². The zero-order chi connectivity index (χ0) is 15.2. The van der Waals surface area contributed by atoms with Crippen molar-refractivity contribution in [1.29, 1.82) is 0 Å². The van der Waals surface area contributed by atoms with E-state index in [1.807, 2.05) is 0 Å². The van der Waals surface area contributed by atoms with Crippen molar-refractivity contribution >= 4 is 0 Å². The number of hydrogen-bond acceptors (Lipinski definition) is 2. The molecule has 0 radical (unpaired) electrons. The van der Waals surface area contributed by atoms with E-state index >= 15 is 0 Å². The van der Waals surface area contributed by atoms with Gasteiger partial charge in [0.2, 0.25) is 0 Å². The Morgan fingerprint density at radius 2 is 2.05 bits per heavy atom. The highest BCUT2D eigenvalue weighted by Gasteiger charge is 2.31. The number of likely N-dealkylation sites (tertiary alicyclic amines) is 1. The van der Waals surface area contributed by atoms with Gasteiger partial charge < -0.3 is 5.32 Å². The summed E-state index contributed by atoms with van der Waals surface area (Å²) in [6.07, 6.45) is 3.61. The first-order valence-corrected chi connectivity index (χ1v) is 8.30. The molecule has 2 heteroatoms. The van der Waals surface area contributed by atoms with Crippen LogP contribution in [0.3, 0.4) is 0 Å². The summed E-state index contributed by atoms with van der Waals surface area (Å²) in [6, 6.07) is 12.1. The van der Waals surface area contributed by atoms with Gasteiger partial charge in [-0.15, -0.1) is 0 Å². The average molecular weight is 286 g/mol. The quantitative estimate of drug-likeness (QED) is 0.854. The molecule has 0 amide bonds. The SMILES string of the molecule is C=C(C)NC1CC(C)N(CCc2ccccc2)CC1CC. The van der Waals surface area contributed by atoms with Crippen LogP contribution in [0.15, 0.2) is 42.6 Å². The maximum absolute atomic E-state index is 4.01. The van der Waals surface area contributed by atoms with Crippen LogP contribution in [0.25, 0.3) is 0 Å². The summed E-state index contributed by atoms with van der Waals surface area (Å²) in [6.45, 7) is 13.1. The van der Waals surface area contributed by atoms with Crippen LogP contribution in [0.4, 0.5) is 0 Å². The highest BCUT2D eigenvalue weighted by molar-refractivity contribution is 5.15. The molecule has 116 valence electrons. The van der Waals surface area contributed by atoms with E-state index in [1.165, 1.54) is 31.5 Å². The third-order valence-corrected chi connectivity index (χ3v) is 4.74. The largest absolute Gasteiger partial charge is 0.386 e. The van der Waals surface area contributed by atoms with Crippen molar-refractivity contribution in [3.8, 4) is 0 Å². The standard InChI is InChI=1S/C19H30N2/c1-5-18-14-21(12-11-17-9-7-6-8-10-17)16(4)13-19(18)20-15(2)3/h6-10,16,18-20H,2,5,11-14H2,1,3-4H3. The van der Waals surface area contributed by atoms with Crippen molar-refractivity contribution < 1.29 is 0 Å². The highest BCUT2D eigenvalue weighted by atomic mass is 15.2. The summed E-state index contributed by atoms with van der Waals surface area (Å²) in [5, 5.41) is 3.59. The second-order valence-corrected chi connectivity index (χ2v) is 6.51. The molecule has 1 heterocycles. The highest BCUT2D eigenvalue weighted by Crippen LogP contribution is 2.25. The van der Waals surface area contributed by atoms with E-state index < -0.39 is 0 Å². The number of nitrogens with one attached hydrogen (secondary N) is 1. The molecule has 1 aromatic carbocycles. The van der Waals surface area contributed by atoms with Gasteiger partial charge in [0.05, 0.1) is 0 Å². The van der Waals surface area contributed by atoms with Gasteiger partial charge in [-0.2, -0.15) is 0 Å². The average Bonchev–Trinajstić information content (AvgIpc) is 2.47. The van der Waals surface area contributed by atoms with Crippen LogP contribution in [0, 0.1) is 5.92 Å². The molecule has 1 aromatic rings. The minimum atomic E-state index is 0.593. The van der Waals surface area contributed by atoms with Gasteiger partial charge >= 0.3 is 0 Å². The van der Waals surface area contributed by atoms with Crippen LogP contribution in [0.1, 0.15) is 39.2 Å². The minimum absolute atomic E-state index is 0.593. The normalized spacial score (nSPS) is 26.5. The van der Waals surface area contributed by atoms with Gasteiger partial charge in [0.25, 0.3) is 0 Å². The summed E-state index contributed by atoms with van der Waals surface area (Å²) in [5.41, 5.74) is 2.54. The lowest BCUT2D eigenvalue weighted by Crippen LogP contribution is -2.53. The Bertz CT molecular complexity index is 440. The summed E-state index contributed by atoms with van der Waals surface area (Å²) >= 11 is 0. The predicted molar refractivity (Wildman–Crippen MR) is 91.3 cm³/mol. The van der Waals surface area contributed by atoms with Crippen molar-refractivity contribution in [2.45, 2.75) is 52.1 Å². The van der Waals surface area contributed by atoms with Crippen molar-refractivity contribution in [3.63, 3.8) is 0 Å². The Morgan fingerprint density at radius 3 is 2.67 bits per heavy atom. The molecule has 2 nitrogen and oxygen atoms in total. The lowest BCUT2D eigenvalue weighted by molar-refractivity contribution is 0.0906. The van der Waals surface area contributed by atoms with Crippen molar-refractivity contribution in [3.05, 3.63) is 48.2 Å². The fourth-order valence-electron chi connectivity index (χ4n) is 3.45. The lowest BCUT2D eigenvalue weighted by Gasteiger charge is -2.43. The summed E-state index contributed by atoms with van der Waals surface area (Å²) < 4.78 is 0. The monoisotopic (exact) mass is 286 g/mol. The lowest BCUT2D eigenvalue weighted by atomic mass is 9.86. The topological polar surface area (TPSA) is 15.3 Å². The molecule has 1 fully saturated rings. The molecule has 3 unspecified atom stereocenters. The number of benzene rings is 1. The molecule has 0 aliphatic carbocycles. The minimum Gasteiger partial charge on any atom is -0.386 e. The van der Waals surface area contributed by atoms with E-state index in [1.54, 1.807) is 0 Å². The molecule has 0 saturated carbocycles. The van der Waals surface area contributed by atoms with Crippen LogP contribution >= 0.6 is 0 Å². The number of rotatable bonds is 6. The number of piperidine rings is 1. The van der Waals surface area contributed by atoms with Gasteiger partial charge in [-0.3, -0.25) is 4.90 Å². The molecule has 0 bridgehead atoms. The van der Waals surface area contributed by atoms with Crippen LogP contribution < -0.4 is 5.32 Å². The van der Waals surface area contributed by atoms with E-state index in [-0.39, 0.29) is 0 Å². The maximum Gasteiger partial charge on any atom is 0.0313 e. The fourth-order valence-corrected chi connectivity index (χ4v) is 3.45. The molecule has 1 aliphatic heterocycles. The second-order valence-electron chi connectivity index (χ2n) is 6.51. The molecule has 1 aliphatic rings. The Hall–Kier alpha value is -1.28. The molecule has 21 heavy (non-hydrogen) atoms. The first-order valence-electron chi connectivity index (χ1n) is 8.30. The van der Waals surface area contributed by atoms with Gasteiger partial charge in [-0.05, 0) is 38.2 Å². The Kier molecular flexibility index (Phi) is 5.86. The molecular weight excluding hydrogens is 256 g/mol. The molecule has 2 rings (SSSR count). The van der Waals surface area contributed by atoms with Crippen molar-refractivity contribution in [2.24, 2.45) is 5.92 Å². The van der Waals surface area contributed by atoms with E-state index in [2.05, 4.69) is 67.9 Å². The van der Waals surface area contributed by atoms with Crippen LogP contribution in [-0.2, 0) is 6.42 Å². The third kappa shape index (κ3) is 4.60. The molecule has 1 N–H and O–H groups in total. The van der Waals surface area contributed by atoms with Gasteiger partial charge in [0, 0.05) is 30.9 Å². The maximum atomic E-state index is 4.01. The van der Waals surface area contributed by atoms with Crippen LogP contribution in [-0.4, -0.2) is 30.1 Å². The number of allylic oxidation sites excluding steroid dienone is 1.